The summed E-state index contributed by atoms with van der Waals surface area (Å²) in [4.78, 5) is 28.1. The van der Waals surface area contributed by atoms with Gasteiger partial charge in [0.25, 0.3) is 5.91 Å². The number of amides is 1. The van der Waals surface area contributed by atoms with Crippen LogP contribution in [-0.4, -0.2) is 40.7 Å². The first kappa shape index (κ1) is 26.1. The summed E-state index contributed by atoms with van der Waals surface area (Å²) in [6.07, 6.45) is 13.3. The summed E-state index contributed by atoms with van der Waals surface area (Å²) in [5.74, 6) is -2.13. The van der Waals surface area contributed by atoms with Gasteiger partial charge in [-0.25, -0.2) is 14.2 Å². The maximum absolute atomic E-state index is 15.2. The largest absolute Gasteiger partial charge is 0.478 e. The minimum atomic E-state index is -1.08. The van der Waals surface area contributed by atoms with Crippen molar-refractivity contribution in [1.82, 2.24) is 10.3 Å². The number of hydrogen-bond donors (Lipinski definition) is 2. The molecule has 2 aromatic rings. The summed E-state index contributed by atoms with van der Waals surface area (Å²) in [6.45, 7) is 2.76. The maximum Gasteiger partial charge on any atom is 0.328 e. The van der Waals surface area contributed by atoms with Gasteiger partial charge in [-0.2, -0.15) is 0 Å². The summed E-state index contributed by atoms with van der Waals surface area (Å²) in [6, 6.07) is 4.49. The van der Waals surface area contributed by atoms with Gasteiger partial charge in [0.2, 0.25) is 5.89 Å². The number of nitrogens with zero attached hydrogens (tertiary/aromatic N) is 1. The molecular formula is C28H35FN2O5. The monoisotopic (exact) mass is 498 g/mol. The van der Waals surface area contributed by atoms with Gasteiger partial charge in [-0.15, -0.1) is 0 Å². The third-order valence-electron chi connectivity index (χ3n) is 7.19. The highest BCUT2D eigenvalue weighted by molar-refractivity contribution is 5.91. The quantitative estimate of drug-likeness (QED) is 0.271. The molecule has 2 aliphatic rings. The molecule has 4 rings (SSSR count). The van der Waals surface area contributed by atoms with Crippen LogP contribution in [0.25, 0.3) is 6.08 Å². The smallest absolute Gasteiger partial charge is 0.328 e. The molecular weight excluding hydrogens is 463 g/mol. The SMILES string of the molecule is CCCCCCCCNC(=O)c1coc(C(c2cc(C=CC(=O)O)ccc2F)[C@H]2CC3CCC2O3)n1. The number of rotatable bonds is 13. The predicted molar refractivity (Wildman–Crippen MR) is 133 cm³/mol. The van der Waals surface area contributed by atoms with Crippen LogP contribution in [0.1, 0.15) is 98.1 Å². The van der Waals surface area contributed by atoms with Crippen LogP contribution in [0.4, 0.5) is 4.39 Å². The number of fused-ring (bicyclic) bond motifs is 2. The number of benzene rings is 1. The van der Waals surface area contributed by atoms with Gasteiger partial charge in [-0.05, 0) is 49.5 Å². The van der Waals surface area contributed by atoms with E-state index in [0.717, 1.165) is 44.6 Å². The Labute approximate surface area is 211 Å². The van der Waals surface area contributed by atoms with Gasteiger partial charge in [-0.3, -0.25) is 4.79 Å². The highest BCUT2D eigenvalue weighted by Gasteiger charge is 2.47. The summed E-state index contributed by atoms with van der Waals surface area (Å²) < 4.78 is 27.0. The number of halogens is 1. The van der Waals surface area contributed by atoms with E-state index in [-0.39, 0.29) is 35.6 Å². The molecule has 8 heteroatoms. The van der Waals surface area contributed by atoms with Crippen molar-refractivity contribution >= 4 is 18.0 Å². The Hall–Kier alpha value is -3.00. The number of carbonyl (C=O) groups excluding carboxylic acids is 1. The lowest BCUT2D eigenvalue weighted by molar-refractivity contribution is -0.131. The summed E-state index contributed by atoms with van der Waals surface area (Å²) >= 11 is 0. The van der Waals surface area contributed by atoms with Crippen LogP contribution in [0.3, 0.4) is 0 Å². The number of carboxylic acid groups (broad SMARTS) is 1. The van der Waals surface area contributed by atoms with Crippen molar-refractivity contribution in [3.8, 4) is 0 Å². The molecule has 36 heavy (non-hydrogen) atoms. The standard InChI is InChI=1S/C28H35FN2O5/c1-2-3-4-5-6-7-14-30-27(34)23-17-35-28(31-23)26(21-16-19-10-12-24(21)36-19)20-15-18(8-11-22(20)29)9-13-25(32)33/h8-9,11,13,15,17,19,21,24,26H,2-7,10,12,14,16H2,1H3,(H,30,34)(H,32,33)/t19?,21-,24?,26?/m0/s1. The van der Waals surface area contributed by atoms with Crippen molar-refractivity contribution in [1.29, 1.82) is 0 Å². The van der Waals surface area contributed by atoms with Gasteiger partial charge in [0.15, 0.2) is 5.69 Å². The molecule has 7 nitrogen and oxygen atoms in total. The highest BCUT2D eigenvalue weighted by Crippen LogP contribution is 2.48. The lowest BCUT2D eigenvalue weighted by Crippen LogP contribution is -2.27. The first-order valence-electron chi connectivity index (χ1n) is 13.1. The van der Waals surface area contributed by atoms with Crippen molar-refractivity contribution in [2.75, 3.05) is 6.54 Å². The number of hydrogen-bond acceptors (Lipinski definition) is 5. The zero-order valence-electron chi connectivity index (χ0n) is 20.7. The van der Waals surface area contributed by atoms with Gasteiger partial charge in [0.05, 0.1) is 18.1 Å². The van der Waals surface area contributed by atoms with Crippen LogP contribution >= 0.6 is 0 Å². The second kappa shape index (κ2) is 12.3. The second-order valence-corrected chi connectivity index (χ2v) is 9.80. The summed E-state index contributed by atoms with van der Waals surface area (Å²) in [7, 11) is 0. The van der Waals surface area contributed by atoms with E-state index in [9.17, 15) is 9.59 Å². The maximum atomic E-state index is 15.2. The summed E-state index contributed by atoms with van der Waals surface area (Å²) in [5.41, 5.74) is 1.10. The Kier molecular flexibility index (Phi) is 8.91. The first-order valence-corrected chi connectivity index (χ1v) is 13.1. The molecule has 0 radical (unpaired) electrons. The van der Waals surface area contributed by atoms with Crippen molar-refractivity contribution < 1.29 is 28.2 Å². The second-order valence-electron chi connectivity index (χ2n) is 9.80. The topological polar surface area (TPSA) is 102 Å². The van der Waals surface area contributed by atoms with Gasteiger partial charge in [0.1, 0.15) is 12.1 Å². The highest BCUT2D eigenvalue weighted by atomic mass is 19.1. The minimum Gasteiger partial charge on any atom is -0.478 e. The number of carboxylic acids is 1. The molecule has 1 aromatic heterocycles. The van der Waals surface area contributed by atoms with Crippen LogP contribution in [0.2, 0.25) is 0 Å². The average Bonchev–Trinajstić information content (AvgIpc) is 3.62. The van der Waals surface area contributed by atoms with Gasteiger partial charge < -0.3 is 19.6 Å². The number of unbranched alkanes of at least 4 members (excludes halogenated alkanes) is 5. The molecule has 2 N–H and O–H groups in total. The Morgan fingerprint density at radius 2 is 2.03 bits per heavy atom. The number of aliphatic carboxylic acids is 1. The molecule has 4 atom stereocenters. The average molecular weight is 499 g/mol. The molecule has 0 saturated carbocycles. The van der Waals surface area contributed by atoms with E-state index >= 15 is 4.39 Å². The van der Waals surface area contributed by atoms with E-state index in [1.165, 1.54) is 43.7 Å². The summed E-state index contributed by atoms with van der Waals surface area (Å²) in [5, 5.41) is 11.9. The van der Waals surface area contributed by atoms with E-state index in [4.69, 9.17) is 14.3 Å². The fourth-order valence-electron chi connectivity index (χ4n) is 5.38. The van der Waals surface area contributed by atoms with Crippen molar-refractivity contribution in [3.63, 3.8) is 0 Å². The molecule has 194 valence electrons. The number of nitrogens with one attached hydrogen (secondary N) is 1. The third-order valence-corrected chi connectivity index (χ3v) is 7.19. The molecule has 3 unspecified atom stereocenters. The van der Waals surface area contributed by atoms with Gasteiger partial charge >= 0.3 is 5.97 Å². The minimum absolute atomic E-state index is 0.0329. The molecule has 2 fully saturated rings. The van der Waals surface area contributed by atoms with Crippen molar-refractivity contribution in [2.45, 2.75) is 82.8 Å². The molecule has 2 bridgehead atoms. The van der Waals surface area contributed by atoms with Gasteiger partial charge in [-0.1, -0.05) is 45.1 Å². The molecule has 1 amide bonds. The normalized spacial score (nSPS) is 21.8. The number of carbonyl (C=O) groups is 2. The van der Waals surface area contributed by atoms with E-state index in [2.05, 4.69) is 17.2 Å². The van der Waals surface area contributed by atoms with E-state index in [0.29, 0.717) is 17.7 Å². The number of ether oxygens (including phenoxy) is 1. The Balaban J connectivity index is 1.51. The lowest BCUT2D eigenvalue weighted by atomic mass is 9.76. The molecule has 0 aliphatic carbocycles. The van der Waals surface area contributed by atoms with Gasteiger partial charge in [0, 0.05) is 24.1 Å². The zero-order valence-corrected chi connectivity index (χ0v) is 20.7. The van der Waals surface area contributed by atoms with E-state index < -0.39 is 17.7 Å². The predicted octanol–water partition coefficient (Wildman–Crippen LogP) is 5.70. The Morgan fingerprint density at radius 3 is 2.75 bits per heavy atom. The number of oxazole rings is 1. The molecule has 1 aromatic carbocycles. The van der Waals surface area contributed by atoms with Crippen molar-refractivity contribution in [2.24, 2.45) is 5.92 Å². The Morgan fingerprint density at radius 1 is 1.22 bits per heavy atom. The van der Waals surface area contributed by atoms with E-state index in [1.807, 2.05) is 0 Å². The zero-order chi connectivity index (χ0) is 25.5. The first-order chi connectivity index (χ1) is 17.5. The molecule has 3 heterocycles. The van der Waals surface area contributed by atoms with Crippen LogP contribution < -0.4 is 5.32 Å². The third kappa shape index (κ3) is 6.40. The van der Waals surface area contributed by atoms with E-state index in [1.54, 1.807) is 6.07 Å². The molecule has 0 spiro atoms. The fourth-order valence-corrected chi connectivity index (χ4v) is 5.38. The Bertz CT molecular complexity index is 1080. The van der Waals surface area contributed by atoms with Crippen LogP contribution in [0, 0.1) is 11.7 Å². The fraction of sp³-hybridized carbons (Fsp3) is 0.536. The lowest BCUT2D eigenvalue weighted by Gasteiger charge is -2.27. The number of aromatic nitrogens is 1. The van der Waals surface area contributed by atoms with Crippen LogP contribution in [-0.2, 0) is 9.53 Å². The molecule has 2 saturated heterocycles. The van der Waals surface area contributed by atoms with Crippen LogP contribution in [0.15, 0.2) is 35.0 Å². The van der Waals surface area contributed by atoms with Crippen molar-refractivity contribution in [3.05, 3.63) is 59.1 Å². The van der Waals surface area contributed by atoms with Crippen LogP contribution in [0.5, 0.6) is 0 Å². The molecule has 2 aliphatic heterocycles.